The van der Waals surface area contributed by atoms with E-state index in [0.717, 1.165) is 30.1 Å². The number of aromatic nitrogens is 2. The van der Waals surface area contributed by atoms with E-state index in [0.29, 0.717) is 29.9 Å². The Labute approximate surface area is 203 Å². The minimum atomic E-state index is -0.311. The molecule has 6 nitrogen and oxygen atoms in total. The molecule has 0 aliphatic rings. The molecule has 0 spiro atoms. The van der Waals surface area contributed by atoms with Crippen molar-refractivity contribution in [2.24, 2.45) is 4.99 Å². The molecule has 0 atom stereocenters. The summed E-state index contributed by atoms with van der Waals surface area (Å²) >= 11 is 5.82. The Hall–Kier alpha value is -2.46. The van der Waals surface area contributed by atoms with Gasteiger partial charge in [-0.2, -0.15) is 0 Å². The van der Waals surface area contributed by atoms with E-state index in [-0.39, 0.29) is 29.8 Å². The minimum Gasteiger partial charge on any atom is -0.439 e. The zero-order valence-corrected chi connectivity index (χ0v) is 20.1. The molecule has 0 radical (unpaired) electrons. The molecule has 2 N–H and O–H groups in total. The molecule has 0 unspecified atom stereocenters. The van der Waals surface area contributed by atoms with Gasteiger partial charge < -0.3 is 15.4 Å². The average Bonchev–Trinajstić information content (AvgIpc) is 2.75. The number of ether oxygens (including phenoxy) is 1. The molecular formula is C22H24ClFIN5O. The number of halogens is 3. The van der Waals surface area contributed by atoms with Gasteiger partial charge in [-0.25, -0.2) is 19.4 Å². The summed E-state index contributed by atoms with van der Waals surface area (Å²) in [5.41, 5.74) is 2.04. The first kappa shape index (κ1) is 24.8. The molecule has 0 aliphatic carbocycles. The first-order chi connectivity index (χ1) is 14.6. The fourth-order valence-electron chi connectivity index (χ4n) is 2.62. The maximum atomic E-state index is 13.0. The van der Waals surface area contributed by atoms with E-state index in [4.69, 9.17) is 16.3 Å². The summed E-state index contributed by atoms with van der Waals surface area (Å²) in [6.45, 7) is 3.94. The van der Waals surface area contributed by atoms with Gasteiger partial charge in [0, 0.05) is 31.5 Å². The Bertz CT molecular complexity index is 970. The van der Waals surface area contributed by atoms with Crippen LogP contribution in [0.5, 0.6) is 11.6 Å². The fourth-order valence-corrected chi connectivity index (χ4v) is 2.73. The van der Waals surface area contributed by atoms with E-state index in [1.54, 1.807) is 30.6 Å². The van der Waals surface area contributed by atoms with Gasteiger partial charge in [-0.05, 0) is 60.9 Å². The molecule has 1 aromatic carbocycles. The molecule has 0 saturated heterocycles. The molecule has 3 rings (SSSR count). The molecule has 9 heteroatoms. The van der Waals surface area contributed by atoms with Gasteiger partial charge in [-0.3, -0.25) is 0 Å². The van der Waals surface area contributed by atoms with Crippen molar-refractivity contribution in [1.29, 1.82) is 0 Å². The third-order valence-electron chi connectivity index (χ3n) is 4.09. The van der Waals surface area contributed by atoms with E-state index in [9.17, 15) is 4.39 Å². The van der Waals surface area contributed by atoms with Crippen LogP contribution >= 0.6 is 35.6 Å². The third kappa shape index (κ3) is 8.66. The van der Waals surface area contributed by atoms with Gasteiger partial charge in [0.2, 0.25) is 5.88 Å². The molecular weight excluding hydrogens is 532 g/mol. The molecule has 0 saturated carbocycles. The van der Waals surface area contributed by atoms with Crippen LogP contribution in [-0.2, 0) is 13.0 Å². The standard InChI is InChI=1S/C22H23ClFN5O.HI/c1-2-25-22(27-12-9-16-3-8-20(23)28-14-16)29-15-17-10-11-26-21(13-17)30-19-6-4-18(24)5-7-19;/h3-8,10-11,13-14H,2,9,12,15H2,1H3,(H2,25,27,29);1H. The van der Waals surface area contributed by atoms with Gasteiger partial charge in [-0.15, -0.1) is 24.0 Å². The Kier molecular flexibility index (Phi) is 10.5. The molecule has 0 bridgehead atoms. The summed E-state index contributed by atoms with van der Waals surface area (Å²) in [6.07, 6.45) is 4.24. The van der Waals surface area contributed by atoms with Crippen molar-refractivity contribution in [3.8, 4) is 11.6 Å². The lowest BCUT2D eigenvalue weighted by Crippen LogP contribution is -2.38. The number of rotatable bonds is 8. The highest BCUT2D eigenvalue weighted by atomic mass is 127. The number of pyridine rings is 2. The van der Waals surface area contributed by atoms with Gasteiger partial charge in [-0.1, -0.05) is 17.7 Å². The van der Waals surface area contributed by atoms with E-state index >= 15 is 0 Å². The second-order valence-corrected chi connectivity index (χ2v) is 6.81. The van der Waals surface area contributed by atoms with Crippen LogP contribution in [0.4, 0.5) is 4.39 Å². The van der Waals surface area contributed by atoms with Crippen molar-refractivity contribution in [3.63, 3.8) is 0 Å². The molecule has 3 aromatic rings. The van der Waals surface area contributed by atoms with Gasteiger partial charge in [0.1, 0.15) is 16.7 Å². The number of nitrogens with one attached hydrogen (secondary N) is 2. The van der Waals surface area contributed by atoms with E-state index in [1.807, 2.05) is 25.1 Å². The zero-order chi connectivity index (χ0) is 21.2. The van der Waals surface area contributed by atoms with Crippen LogP contribution in [0.15, 0.2) is 65.9 Å². The lowest BCUT2D eigenvalue weighted by atomic mass is 10.2. The maximum absolute atomic E-state index is 13.0. The normalized spacial score (nSPS) is 10.9. The van der Waals surface area contributed by atoms with Crippen LogP contribution in [-0.4, -0.2) is 29.0 Å². The number of hydrogen-bond donors (Lipinski definition) is 2. The van der Waals surface area contributed by atoms with Crippen LogP contribution < -0.4 is 15.4 Å². The predicted molar refractivity (Wildman–Crippen MR) is 132 cm³/mol. The van der Waals surface area contributed by atoms with Crippen molar-refractivity contribution >= 4 is 41.5 Å². The van der Waals surface area contributed by atoms with E-state index in [2.05, 4.69) is 25.6 Å². The van der Waals surface area contributed by atoms with Gasteiger partial charge in [0.25, 0.3) is 0 Å². The van der Waals surface area contributed by atoms with Crippen LogP contribution in [0.1, 0.15) is 18.1 Å². The maximum Gasteiger partial charge on any atom is 0.219 e. The first-order valence-electron chi connectivity index (χ1n) is 9.63. The number of nitrogens with zero attached hydrogens (tertiary/aromatic N) is 3. The predicted octanol–water partition coefficient (Wildman–Crippen LogP) is 4.98. The van der Waals surface area contributed by atoms with E-state index < -0.39 is 0 Å². The van der Waals surface area contributed by atoms with Gasteiger partial charge in [0.15, 0.2) is 5.96 Å². The van der Waals surface area contributed by atoms with Crippen LogP contribution in [0, 0.1) is 5.82 Å². The van der Waals surface area contributed by atoms with Crippen LogP contribution in [0.3, 0.4) is 0 Å². The SMILES string of the molecule is CCNC(=NCc1ccnc(Oc2ccc(F)cc2)c1)NCCc1ccc(Cl)nc1.I. The smallest absolute Gasteiger partial charge is 0.219 e. The molecule has 164 valence electrons. The summed E-state index contributed by atoms with van der Waals surface area (Å²) < 4.78 is 18.7. The fraction of sp³-hybridized carbons (Fsp3) is 0.227. The monoisotopic (exact) mass is 555 g/mol. The zero-order valence-electron chi connectivity index (χ0n) is 17.0. The summed E-state index contributed by atoms with van der Waals surface area (Å²) in [5.74, 6) is 1.37. The topological polar surface area (TPSA) is 71.4 Å². The van der Waals surface area contributed by atoms with Crippen molar-refractivity contribution in [2.75, 3.05) is 13.1 Å². The number of benzene rings is 1. The van der Waals surface area contributed by atoms with Crippen molar-refractivity contribution < 1.29 is 9.13 Å². The highest BCUT2D eigenvalue weighted by Crippen LogP contribution is 2.20. The van der Waals surface area contributed by atoms with E-state index in [1.165, 1.54) is 12.1 Å². The Balaban J connectivity index is 0.00000341. The Morgan fingerprint density at radius 3 is 2.58 bits per heavy atom. The summed E-state index contributed by atoms with van der Waals surface area (Å²) in [7, 11) is 0. The Morgan fingerprint density at radius 2 is 1.87 bits per heavy atom. The number of hydrogen-bond acceptors (Lipinski definition) is 4. The number of aliphatic imine (C=N–C) groups is 1. The molecule has 0 fully saturated rings. The minimum absolute atomic E-state index is 0. The van der Waals surface area contributed by atoms with Crippen molar-refractivity contribution in [1.82, 2.24) is 20.6 Å². The average molecular weight is 556 g/mol. The molecule has 0 aliphatic heterocycles. The second kappa shape index (κ2) is 13.1. The summed E-state index contributed by atoms with van der Waals surface area (Å²) in [4.78, 5) is 12.9. The van der Waals surface area contributed by atoms with Gasteiger partial charge in [0.05, 0.1) is 6.54 Å². The highest BCUT2D eigenvalue weighted by Gasteiger charge is 2.03. The largest absolute Gasteiger partial charge is 0.439 e. The first-order valence-corrected chi connectivity index (χ1v) is 10.0. The quantitative estimate of drug-likeness (QED) is 0.178. The van der Waals surface area contributed by atoms with Crippen LogP contribution in [0.25, 0.3) is 0 Å². The second-order valence-electron chi connectivity index (χ2n) is 6.42. The lowest BCUT2D eigenvalue weighted by molar-refractivity contribution is 0.460. The summed E-state index contributed by atoms with van der Waals surface area (Å²) in [6, 6.07) is 13.2. The third-order valence-corrected chi connectivity index (χ3v) is 4.32. The number of guanidine groups is 1. The summed E-state index contributed by atoms with van der Waals surface area (Å²) in [5, 5.41) is 7.02. The molecule has 2 aromatic heterocycles. The lowest BCUT2D eigenvalue weighted by Gasteiger charge is -2.11. The van der Waals surface area contributed by atoms with Gasteiger partial charge >= 0.3 is 0 Å². The Morgan fingerprint density at radius 1 is 1.06 bits per heavy atom. The molecule has 2 heterocycles. The molecule has 0 amide bonds. The highest BCUT2D eigenvalue weighted by molar-refractivity contribution is 14.0. The van der Waals surface area contributed by atoms with Crippen molar-refractivity contribution in [3.05, 3.63) is 83.0 Å². The molecule has 31 heavy (non-hydrogen) atoms. The van der Waals surface area contributed by atoms with Crippen LogP contribution in [0.2, 0.25) is 5.15 Å². The van der Waals surface area contributed by atoms with Crippen molar-refractivity contribution in [2.45, 2.75) is 19.9 Å².